The Kier molecular flexibility index (Phi) is 9.00. The molecule has 1 aromatic heterocycles. The predicted octanol–water partition coefficient (Wildman–Crippen LogP) is 2.95. The zero-order valence-electron chi connectivity index (χ0n) is 22.8. The molecule has 1 aliphatic carbocycles. The van der Waals surface area contributed by atoms with Gasteiger partial charge in [-0.1, -0.05) is 26.2 Å². The Balaban J connectivity index is 1.60. The van der Waals surface area contributed by atoms with E-state index in [0.717, 1.165) is 6.54 Å². The molecule has 1 aliphatic heterocycles. The van der Waals surface area contributed by atoms with E-state index in [1.807, 2.05) is 6.92 Å². The van der Waals surface area contributed by atoms with E-state index >= 15 is 0 Å². The third kappa shape index (κ3) is 6.68. The smallest absolute Gasteiger partial charge is 0.280 e. The molecule has 0 saturated heterocycles. The van der Waals surface area contributed by atoms with Gasteiger partial charge < -0.3 is 24.2 Å². The zero-order chi connectivity index (χ0) is 27.4. The maximum atomic E-state index is 13.6. The lowest BCUT2D eigenvalue weighted by Gasteiger charge is -2.38. The molecule has 1 fully saturated rings. The van der Waals surface area contributed by atoms with E-state index in [2.05, 4.69) is 28.6 Å². The van der Waals surface area contributed by atoms with Crippen molar-refractivity contribution in [3.63, 3.8) is 0 Å². The van der Waals surface area contributed by atoms with Crippen molar-refractivity contribution < 1.29 is 23.1 Å². The average molecular weight is 548 g/mol. The Morgan fingerprint density at radius 3 is 2.63 bits per heavy atom. The first kappa shape index (κ1) is 28.4. The summed E-state index contributed by atoms with van der Waals surface area (Å²) in [5, 5.41) is 9.78. The number of aryl methyl sites for hydroxylation is 1. The normalized spacial score (nSPS) is 21.9. The van der Waals surface area contributed by atoms with Crippen LogP contribution in [0.5, 0.6) is 5.75 Å². The minimum absolute atomic E-state index is 0.0252. The summed E-state index contributed by atoms with van der Waals surface area (Å²) >= 11 is 0. The molecule has 0 unspecified atom stereocenters. The van der Waals surface area contributed by atoms with Gasteiger partial charge in [-0.25, -0.2) is 4.98 Å². The quantitative estimate of drug-likeness (QED) is 0.496. The maximum Gasteiger partial charge on any atom is 0.280 e. The van der Waals surface area contributed by atoms with Crippen LogP contribution in [0.1, 0.15) is 56.3 Å². The molecule has 0 bridgehead atoms. The molecule has 10 nitrogen and oxygen atoms in total. The molecular formula is C27H41N5O5S. The van der Waals surface area contributed by atoms with E-state index in [-0.39, 0.29) is 40.8 Å². The number of aliphatic hydroxyl groups is 1. The number of nitrogens with zero attached hydrogens (tertiary/aromatic N) is 4. The summed E-state index contributed by atoms with van der Waals surface area (Å²) < 4.78 is 36.2. The Hall–Kier alpha value is -2.63. The molecular weight excluding hydrogens is 506 g/mol. The van der Waals surface area contributed by atoms with Crippen molar-refractivity contribution in [3.8, 4) is 5.75 Å². The summed E-state index contributed by atoms with van der Waals surface area (Å²) in [6, 6.07) is 4.36. The third-order valence-corrected chi connectivity index (χ3v) is 8.93. The molecule has 0 radical (unpaired) electrons. The van der Waals surface area contributed by atoms with E-state index in [4.69, 9.17) is 4.74 Å². The molecule has 1 amide bonds. The van der Waals surface area contributed by atoms with E-state index in [1.54, 1.807) is 28.6 Å². The van der Waals surface area contributed by atoms with Crippen LogP contribution in [-0.4, -0.2) is 84.2 Å². The largest absolute Gasteiger partial charge is 0.488 e. The van der Waals surface area contributed by atoms with Crippen LogP contribution in [0.4, 0.5) is 5.69 Å². The van der Waals surface area contributed by atoms with Crippen molar-refractivity contribution in [1.29, 1.82) is 0 Å². The SMILES string of the molecule is C[C@H](CO)N1C[C@H](C)[C@@H](CN(C)CC2CCCCC2)Oc2ccc(NS(=O)(=O)c3cn(C)cn3)cc2C1=O. The number of hydrogen-bond donors (Lipinski definition) is 2. The van der Waals surface area contributed by atoms with Crippen LogP contribution < -0.4 is 9.46 Å². The van der Waals surface area contributed by atoms with Crippen LogP contribution in [0.25, 0.3) is 0 Å². The number of carbonyl (C=O) groups is 1. The van der Waals surface area contributed by atoms with Gasteiger partial charge in [0.25, 0.3) is 15.9 Å². The van der Waals surface area contributed by atoms with Crippen molar-refractivity contribution in [2.45, 2.75) is 63.1 Å². The highest BCUT2D eigenvalue weighted by Gasteiger charge is 2.34. The number of imidazole rings is 1. The number of aromatic nitrogens is 2. The summed E-state index contributed by atoms with van der Waals surface area (Å²) in [7, 11) is -0.118. The molecule has 11 heteroatoms. The predicted molar refractivity (Wildman–Crippen MR) is 146 cm³/mol. The highest BCUT2D eigenvalue weighted by Crippen LogP contribution is 2.32. The third-order valence-electron chi connectivity index (χ3n) is 7.66. The molecule has 2 heterocycles. The fraction of sp³-hybridized carbons (Fsp3) is 0.630. The van der Waals surface area contributed by atoms with Gasteiger partial charge in [-0.2, -0.15) is 8.42 Å². The van der Waals surface area contributed by atoms with Crippen LogP contribution in [0.2, 0.25) is 0 Å². The number of likely N-dealkylation sites (N-methyl/N-ethyl adjacent to an activating group) is 1. The summed E-state index contributed by atoms with van der Waals surface area (Å²) in [6.07, 6.45) is 9.09. The monoisotopic (exact) mass is 547 g/mol. The van der Waals surface area contributed by atoms with Crippen molar-refractivity contribution in [1.82, 2.24) is 19.4 Å². The van der Waals surface area contributed by atoms with Crippen molar-refractivity contribution >= 4 is 21.6 Å². The van der Waals surface area contributed by atoms with Crippen LogP contribution in [0.15, 0.2) is 35.7 Å². The van der Waals surface area contributed by atoms with Gasteiger partial charge in [-0.05, 0) is 50.9 Å². The second kappa shape index (κ2) is 12.0. The first-order valence-corrected chi connectivity index (χ1v) is 15.0. The number of hydrogen-bond acceptors (Lipinski definition) is 7. The topological polar surface area (TPSA) is 117 Å². The molecule has 2 aliphatic rings. The minimum Gasteiger partial charge on any atom is -0.488 e. The number of ether oxygens (including phenoxy) is 1. The molecule has 2 N–H and O–H groups in total. The highest BCUT2D eigenvalue weighted by atomic mass is 32.2. The van der Waals surface area contributed by atoms with Crippen LogP contribution in [0.3, 0.4) is 0 Å². The molecule has 210 valence electrons. The van der Waals surface area contributed by atoms with Gasteiger partial charge in [-0.15, -0.1) is 0 Å². The van der Waals surface area contributed by atoms with E-state index in [1.165, 1.54) is 50.7 Å². The number of sulfonamides is 1. The molecule has 3 atom stereocenters. The van der Waals surface area contributed by atoms with Crippen molar-refractivity contribution in [2.24, 2.45) is 18.9 Å². The minimum atomic E-state index is -3.93. The van der Waals surface area contributed by atoms with Gasteiger partial charge >= 0.3 is 0 Å². The van der Waals surface area contributed by atoms with Crippen LogP contribution in [0, 0.1) is 11.8 Å². The number of aliphatic hydroxyl groups excluding tert-OH is 1. The molecule has 1 aromatic carbocycles. The molecule has 0 spiro atoms. The molecule has 1 saturated carbocycles. The fourth-order valence-electron chi connectivity index (χ4n) is 5.43. The van der Waals surface area contributed by atoms with Crippen LogP contribution >= 0.6 is 0 Å². The standard InChI is InChI=1S/C27H41N5O5S/c1-19-13-32(20(2)17-33)27(34)23-12-22(29-38(35,36)26-16-31(4)18-28-26)10-11-24(23)37-25(19)15-30(3)14-21-8-6-5-7-9-21/h10-12,16,18-21,25,29,33H,5-9,13-15,17H2,1-4H3/t19-,20+,25+/m0/s1. The first-order chi connectivity index (χ1) is 18.1. The lowest BCUT2D eigenvalue weighted by Crippen LogP contribution is -2.50. The number of benzene rings is 1. The Labute approximate surface area is 226 Å². The molecule has 4 rings (SSSR count). The highest BCUT2D eigenvalue weighted by molar-refractivity contribution is 7.92. The van der Waals surface area contributed by atoms with Gasteiger partial charge in [0.05, 0.1) is 24.5 Å². The van der Waals surface area contributed by atoms with E-state index in [9.17, 15) is 18.3 Å². The molecule has 2 aromatic rings. The number of fused-ring (bicyclic) bond motifs is 1. The molecule has 38 heavy (non-hydrogen) atoms. The van der Waals surface area contributed by atoms with Gasteiger partial charge in [0.2, 0.25) is 0 Å². The fourth-order valence-corrected chi connectivity index (χ4v) is 6.46. The number of nitrogens with one attached hydrogen (secondary N) is 1. The Bertz CT molecular complexity index is 1210. The number of rotatable bonds is 9. The number of carbonyl (C=O) groups excluding carboxylic acids is 1. The second-order valence-corrected chi connectivity index (χ2v) is 12.7. The zero-order valence-corrected chi connectivity index (χ0v) is 23.7. The van der Waals surface area contributed by atoms with E-state index < -0.39 is 16.1 Å². The van der Waals surface area contributed by atoms with E-state index in [0.29, 0.717) is 24.8 Å². The van der Waals surface area contributed by atoms with Gasteiger partial charge in [-0.3, -0.25) is 9.52 Å². The summed E-state index contributed by atoms with van der Waals surface area (Å²) in [5.74, 6) is 0.833. The Morgan fingerprint density at radius 2 is 1.97 bits per heavy atom. The van der Waals surface area contributed by atoms with Gasteiger partial charge in [0, 0.05) is 44.5 Å². The number of anilines is 1. The van der Waals surface area contributed by atoms with Crippen molar-refractivity contribution in [2.75, 3.05) is 38.0 Å². The Morgan fingerprint density at radius 1 is 1.24 bits per heavy atom. The van der Waals surface area contributed by atoms with Crippen LogP contribution in [-0.2, 0) is 17.1 Å². The lowest BCUT2D eigenvalue weighted by molar-refractivity contribution is 0.0330. The first-order valence-electron chi connectivity index (χ1n) is 13.5. The lowest BCUT2D eigenvalue weighted by atomic mass is 9.89. The maximum absolute atomic E-state index is 13.6. The average Bonchev–Trinajstić information content (AvgIpc) is 3.34. The summed E-state index contributed by atoms with van der Waals surface area (Å²) in [4.78, 5) is 21.6. The number of amides is 1. The van der Waals surface area contributed by atoms with Gasteiger partial charge in [0.15, 0.2) is 5.03 Å². The van der Waals surface area contributed by atoms with Crippen molar-refractivity contribution in [3.05, 3.63) is 36.3 Å². The summed E-state index contributed by atoms with van der Waals surface area (Å²) in [6.45, 7) is 5.86. The summed E-state index contributed by atoms with van der Waals surface area (Å²) in [5.41, 5.74) is 0.501. The van der Waals surface area contributed by atoms with Gasteiger partial charge in [0.1, 0.15) is 11.9 Å². The second-order valence-electron chi connectivity index (χ2n) is 11.0.